The maximum absolute atomic E-state index is 12.7. The summed E-state index contributed by atoms with van der Waals surface area (Å²) in [7, 11) is 0. The third-order valence-electron chi connectivity index (χ3n) is 4.67. The number of rotatable bonds is 6. The van der Waals surface area contributed by atoms with Crippen molar-refractivity contribution < 1.29 is 9.59 Å². The molecule has 0 aliphatic carbocycles. The van der Waals surface area contributed by atoms with Crippen molar-refractivity contribution in [2.24, 2.45) is 0 Å². The Morgan fingerprint density at radius 3 is 2.54 bits per heavy atom. The van der Waals surface area contributed by atoms with E-state index in [0.717, 1.165) is 29.8 Å². The zero-order valence-corrected chi connectivity index (χ0v) is 15.7. The number of benzene rings is 2. The van der Waals surface area contributed by atoms with Gasteiger partial charge in [0.1, 0.15) is 0 Å². The van der Waals surface area contributed by atoms with Crippen LogP contribution in [0.1, 0.15) is 30.9 Å². The molecule has 26 heavy (non-hydrogen) atoms. The van der Waals surface area contributed by atoms with Crippen LogP contribution < -0.4 is 4.90 Å². The van der Waals surface area contributed by atoms with Gasteiger partial charge >= 0.3 is 0 Å². The molecule has 4 nitrogen and oxygen atoms in total. The molecule has 0 N–H and O–H groups in total. The minimum atomic E-state index is 0.0810. The van der Waals surface area contributed by atoms with Crippen molar-refractivity contribution in [1.82, 2.24) is 4.90 Å². The fraction of sp³-hybridized carbons (Fsp3) is 0.333. The lowest BCUT2D eigenvalue weighted by atomic mass is 10.1. The average Bonchev–Trinajstić information content (AvgIpc) is 3.06. The molecule has 1 saturated heterocycles. The van der Waals surface area contributed by atoms with E-state index in [-0.39, 0.29) is 11.8 Å². The molecule has 1 heterocycles. The van der Waals surface area contributed by atoms with E-state index in [9.17, 15) is 9.59 Å². The first-order chi connectivity index (χ1) is 12.6. The first-order valence-electron chi connectivity index (χ1n) is 8.98. The number of hydrogen-bond donors (Lipinski definition) is 0. The Kier molecular flexibility index (Phi) is 5.94. The van der Waals surface area contributed by atoms with E-state index >= 15 is 0 Å². The maximum Gasteiger partial charge on any atom is 0.227 e. The minimum absolute atomic E-state index is 0.0810. The van der Waals surface area contributed by atoms with Crippen molar-refractivity contribution in [3.63, 3.8) is 0 Å². The minimum Gasteiger partial charge on any atom is -0.338 e. The van der Waals surface area contributed by atoms with Crippen LogP contribution in [0.3, 0.4) is 0 Å². The number of anilines is 1. The number of amides is 2. The molecule has 0 unspecified atom stereocenters. The second kappa shape index (κ2) is 8.37. The molecule has 0 bridgehead atoms. The van der Waals surface area contributed by atoms with Crippen LogP contribution in [0.2, 0.25) is 5.02 Å². The standard InChI is InChI=1S/C21H23ClN2O2/c1-2-23(15-17-5-3-6-18(22)13-17)21(26)14-16-8-10-19(11-9-16)24-12-4-7-20(24)25/h3,5-6,8-11,13H,2,4,7,12,14-15H2,1H3. The Balaban J connectivity index is 1.63. The van der Waals surface area contributed by atoms with Gasteiger partial charge in [0.15, 0.2) is 0 Å². The number of carbonyl (C=O) groups is 2. The summed E-state index contributed by atoms with van der Waals surface area (Å²) >= 11 is 6.03. The highest BCUT2D eigenvalue weighted by Gasteiger charge is 2.21. The highest BCUT2D eigenvalue weighted by molar-refractivity contribution is 6.30. The third-order valence-corrected chi connectivity index (χ3v) is 4.91. The first kappa shape index (κ1) is 18.5. The molecule has 0 saturated carbocycles. The molecular formula is C21H23ClN2O2. The monoisotopic (exact) mass is 370 g/mol. The summed E-state index contributed by atoms with van der Waals surface area (Å²) < 4.78 is 0. The first-order valence-corrected chi connectivity index (χ1v) is 9.36. The number of nitrogens with zero attached hydrogens (tertiary/aromatic N) is 2. The molecule has 0 aromatic heterocycles. The summed E-state index contributed by atoms with van der Waals surface area (Å²) in [6.45, 7) is 3.95. The molecule has 3 rings (SSSR count). The summed E-state index contributed by atoms with van der Waals surface area (Å²) in [6, 6.07) is 15.3. The Labute approximate surface area is 159 Å². The predicted molar refractivity (Wildman–Crippen MR) is 104 cm³/mol. The smallest absolute Gasteiger partial charge is 0.227 e. The van der Waals surface area contributed by atoms with Gasteiger partial charge in [-0.25, -0.2) is 0 Å². The lowest BCUT2D eigenvalue weighted by molar-refractivity contribution is -0.130. The largest absolute Gasteiger partial charge is 0.338 e. The van der Waals surface area contributed by atoms with E-state index in [2.05, 4.69) is 0 Å². The molecule has 0 spiro atoms. The Hall–Kier alpha value is -2.33. The van der Waals surface area contributed by atoms with E-state index in [1.807, 2.05) is 65.3 Å². The van der Waals surface area contributed by atoms with Gasteiger partial charge in [0, 0.05) is 36.8 Å². The molecule has 1 aliphatic heterocycles. The van der Waals surface area contributed by atoms with Crippen LogP contribution >= 0.6 is 11.6 Å². The average molecular weight is 371 g/mol. The lowest BCUT2D eigenvalue weighted by Gasteiger charge is -2.21. The molecule has 136 valence electrons. The van der Waals surface area contributed by atoms with E-state index in [0.29, 0.717) is 31.0 Å². The molecule has 0 atom stereocenters. The van der Waals surface area contributed by atoms with E-state index < -0.39 is 0 Å². The van der Waals surface area contributed by atoms with Crippen molar-refractivity contribution in [3.8, 4) is 0 Å². The molecule has 0 radical (unpaired) electrons. The lowest BCUT2D eigenvalue weighted by Crippen LogP contribution is -2.31. The summed E-state index contributed by atoms with van der Waals surface area (Å²) in [5.74, 6) is 0.255. The van der Waals surface area contributed by atoms with Crippen LogP contribution in [0.4, 0.5) is 5.69 Å². The molecule has 2 aromatic rings. The van der Waals surface area contributed by atoms with Gasteiger partial charge in [0.05, 0.1) is 6.42 Å². The highest BCUT2D eigenvalue weighted by atomic mass is 35.5. The SMILES string of the molecule is CCN(Cc1cccc(Cl)c1)C(=O)Cc1ccc(N2CCCC2=O)cc1. The quantitative estimate of drug-likeness (QED) is 0.769. The third kappa shape index (κ3) is 4.44. The summed E-state index contributed by atoms with van der Waals surface area (Å²) in [4.78, 5) is 28.1. The van der Waals surface area contributed by atoms with Gasteiger partial charge in [-0.2, -0.15) is 0 Å². The number of likely N-dealkylation sites (N-methyl/N-ethyl adjacent to an activating group) is 1. The fourth-order valence-electron chi connectivity index (χ4n) is 3.23. The van der Waals surface area contributed by atoms with Crippen LogP contribution in [0.15, 0.2) is 48.5 Å². The van der Waals surface area contributed by atoms with Crippen molar-refractivity contribution in [1.29, 1.82) is 0 Å². The Morgan fingerprint density at radius 2 is 1.92 bits per heavy atom. The van der Waals surface area contributed by atoms with Crippen molar-refractivity contribution in [3.05, 3.63) is 64.7 Å². The highest BCUT2D eigenvalue weighted by Crippen LogP contribution is 2.22. The molecule has 2 amide bonds. The number of halogens is 1. The second-order valence-electron chi connectivity index (χ2n) is 6.53. The van der Waals surface area contributed by atoms with E-state index in [1.165, 1.54) is 0 Å². The molecule has 2 aromatic carbocycles. The van der Waals surface area contributed by atoms with Crippen LogP contribution in [0.25, 0.3) is 0 Å². The van der Waals surface area contributed by atoms with Crippen LogP contribution in [-0.4, -0.2) is 29.8 Å². The molecule has 1 aliphatic rings. The molecule has 1 fully saturated rings. The number of hydrogen-bond acceptors (Lipinski definition) is 2. The summed E-state index contributed by atoms with van der Waals surface area (Å²) in [5, 5.41) is 0.679. The molecule has 5 heteroatoms. The number of carbonyl (C=O) groups excluding carboxylic acids is 2. The van der Waals surface area contributed by atoms with Crippen LogP contribution in [-0.2, 0) is 22.6 Å². The van der Waals surface area contributed by atoms with Crippen LogP contribution in [0.5, 0.6) is 0 Å². The topological polar surface area (TPSA) is 40.6 Å². The van der Waals surface area contributed by atoms with Gasteiger partial charge in [-0.3, -0.25) is 9.59 Å². The van der Waals surface area contributed by atoms with Gasteiger partial charge in [-0.05, 0) is 48.7 Å². The maximum atomic E-state index is 12.7. The zero-order valence-electron chi connectivity index (χ0n) is 15.0. The van der Waals surface area contributed by atoms with Gasteiger partial charge < -0.3 is 9.80 Å². The van der Waals surface area contributed by atoms with Gasteiger partial charge in [0.25, 0.3) is 0 Å². The Bertz CT molecular complexity index is 789. The summed E-state index contributed by atoms with van der Waals surface area (Å²) in [5.41, 5.74) is 2.89. The fourth-order valence-corrected chi connectivity index (χ4v) is 3.45. The zero-order chi connectivity index (χ0) is 18.5. The Morgan fingerprint density at radius 1 is 1.15 bits per heavy atom. The van der Waals surface area contributed by atoms with E-state index in [1.54, 1.807) is 0 Å². The normalized spacial score (nSPS) is 13.9. The van der Waals surface area contributed by atoms with Gasteiger partial charge in [-0.15, -0.1) is 0 Å². The van der Waals surface area contributed by atoms with Crippen LogP contribution in [0, 0.1) is 0 Å². The molecular weight excluding hydrogens is 348 g/mol. The predicted octanol–water partition coefficient (Wildman–Crippen LogP) is 4.06. The van der Waals surface area contributed by atoms with Crippen molar-refractivity contribution in [2.45, 2.75) is 32.7 Å². The second-order valence-corrected chi connectivity index (χ2v) is 6.97. The van der Waals surface area contributed by atoms with Gasteiger partial charge in [0.2, 0.25) is 11.8 Å². The van der Waals surface area contributed by atoms with Crippen molar-refractivity contribution in [2.75, 3.05) is 18.0 Å². The van der Waals surface area contributed by atoms with Gasteiger partial charge in [-0.1, -0.05) is 35.9 Å². The summed E-state index contributed by atoms with van der Waals surface area (Å²) in [6.07, 6.45) is 1.88. The van der Waals surface area contributed by atoms with E-state index in [4.69, 9.17) is 11.6 Å². The van der Waals surface area contributed by atoms with Crippen molar-refractivity contribution >= 4 is 29.1 Å².